The summed E-state index contributed by atoms with van der Waals surface area (Å²) in [6, 6.07) is 6.67. The summed E-state index contributed by atoms with van der Waals surface area (Å²) in [7, 11) is 1.53. The zero-order valence-corrected chi connectivity index (χ0v) is 9.19. The Hall–Kier alpha value is -0.960. The van der Waals surface area contributed by atoms with Crippen LogP contribution >= 0.6 is 0 Å². The Morgan fingerprint density at radius 1 is 1.33 bits per heavy atom. The molecule has 1 aromatic rings. The number of aryl methyl sites for hydroxylation is 1. The molecule has 1 N–H and O–H groups in total. The predicted molar refractivity (Wildman–Crippen MR) is 58.3 cm³/mol. The number of hydrogen-bond acceptors (Lipinski definition) is 1. The average molecular weight is 213 g/mol. The van der Waals surface area contributed by atoms with Crippen LogP contribution in [0.2, 0.25) is 0 Å². The van der Waals surface area contributed by atoms with E-state index in [2.05, 4.69) is 5.32 Å². The molecule has 1 aromatic carbocycles. The Morgan fingerprint density at radius 3 is 2.67 bits per heavy atom. The lowest BCUT2D eigenvalue weighted by Gasteiger charge is -2.16. The summed E-state index contributed by atoms with van der Waals surface area (Å²) < 4.78 is 27.0. The molecule has 0 heterocycles. The van der Waals surface area contributed by atoms with Gasteiger partial charge in [0.05, 0.1) is 6.54 Å². The van der Waals surface area contributed by atoms with Gasteiger partial charge in [0.15, 0.2) is 0 Å². The van der Waals surface area contributed by atoms with Crippen LogP contribution in [0, 0.1) is 0 Å². The fourth-order valence-corrected chi connectivity index (χ4v) is 1.57. The number of halogens is 2. The second kappa shape index (κ2) is 5.21. The van der Waals surface area contributed by atoms with E-state index in [0.29, 0.717) is 0 Å². The summed E-state index contributed by atoms with van der Waals surface area (Å²) in [4.78, 5) is 0. The van der Waals surface area contributed by atoms with E-state index in [0.717, 1.165) is 18.4 Å². The Kier molecular flexibility index (Phi) is 4.21. The summed E-state index contributed by atoms with van der Waals surface area (Å²) in [5.41, 5.74) is 1.08. The lowest BCUT2D eigenvalue weighted by atomic mass is 10.0. The van der Waals surface area contributed by atoms with Crippen molar-refractivity contribution in [2.45, 2.75) is 25.7 Å². The monoisotopic (exact) mass is 213 g/mol. The van der Waals surface area contributed by atoms with Gasteiger partial charge in [-0.05, 0) is 25.1 Å². The molecule has 0 unspecified atom stereocenters. The number of alkyl halides is 2. The number of nitrogens with one attached hydrogen (secondary N) is 1. The first-order chi connectivity index (χ1) is 7.10. The predicted octanol–water partition coefficient (Wildman–Crippen LogP) is 2.95. The summed E-state index contributed by atoms with van der Waals surface area (Å²) >= 11 is 0. The van der Waals surface area contributed by atoms with Crippen LogP contribution in [0.3, 0.4) is 0 Å². The maximum Gasteiger partial charge on any atom is 0.285 e. The van der Waals surface area contributed by atoms with Crippen LogP contribution in [0.5, 0.6) is 0 Å². The summed E-state index contributed by atoms with van der Waals surface area (Å²) in [6.45, 7) is 1.72. The van der Waals surface area contributed by atoms with Crippen molar-refractivity contribution in [1.29, 1.82) is 0 Å². The molecule has 0 fully saturated rings. The second-order valence-corrected chi connectivity index (χ2v) is 3.69. The molecule has 0 radical (unpaired) electrons. The largest absolute Gasteiger partial charge is 0.314 e. The highest BCUT2D eigenvalue weighted by Crippen LogP contribution is 2.27. The minimum Gasteiger partial charge on any atom is -0.314 e. The quantitative estimate of drug-likeness (QED) is 0.793. The minimum atomic E-state index is -2.78. The van der Waals surface area contributed by atoms with E-state index >= 15 is 0 Å². The van der Waals surface area contributed by atoms with Crippen LogP contribution in [0.1, 0.15) is 24.5 Å². The average Bonchev–Trinajstić information content (AvgIpc) is 2.19. The standard InChI is InChI=1S/C12H17F2N/c1-3-5-10-6-4-7-11(8-10)12(13,14)9-15-2/h4,6-8,15H,3,5,9H2,1-2H3. The van der Waals surface area contributed by atoms with Crippen LogP contribution in [0.15, 0.2) is 24.3 Å². The van der Waals surface area contributed by atoms with E-state index in [4.69, 9.17) is 0 Å². The molecular formula is C12H17F2N. The van der Waals surface area contributed by atoms with Crippen molar-refractivity contribution in [2.75, 3.05) is 13.6 Å². The van der Waals surface area contributed by atoms with Gasteiger partial charge in [-0.3, -0.25) is 0 Å². The van der Waals surface area contributed by atoms with Crippen LogP contribution < -0.4 is 5.32 Å². The molecule has 0 aliphatic carbocycles. The van der Waals surface area contributed by atoms with Gasteiger partial charge in [-0.2, -0.15) is 8.78 Å². The van der Waals surface area contributed by atoms with Gasteiger partial charge in [0, 0.05) is 5.56 Å². The van der Waals surface area contributed by atoms with Gasteiger partial charge in [0.1, 0.15) is 0 Å². The van der Waals surface area contributed by atoms with Crippen molar-refractivity contribution in [3.05, 3.63) is 35.4 Å². The van der Waals surface area contributed by atoms with E-state index in [1.54, 1.807) is 12.1 Å². The van der Waals surface area contributed by atoms with Crippen LogP contribution in [-0.2, 0) is 12.3 Å². The van der Waals surface area contributed by atoms with Gasteiger partial charge < -0.3 is 5.32 Å². The zero-order valence-electron chi connectivity index (χ0n) is 9.19. The molecule has 84 valence electrons. The summed E-state index contributed by atoms with van der Waals surface area (Å²) in [5, 5.41) is 2.51. The van der Waals surface area contributed by atoms with Gasteiger partial charge in [0.2, 0.25) is 0 Å². The van der Waals surface area contributed by atoms with E-state index in [-0.39, 0.29) is 12.1 Å². The molecule has 0 aliphatic heterocycles. The molecule has 0 amide bonds. The van der Waals surface area contributed by atoms with Gasteiger partial charge in [-0.25, -0.2) is 0 Å². The Bertz CT molecular complexity index is 310. The molecule has 0 atom stereocenters. The van der Waals surface area contributed by atoms with Gasteiger partial charge in [0.25, 0.3) is 5.92 Å². The molecule has 0 spiro atoms. The second-order valence-electron chi connectivity index (χ2n) is 3.69. The third-order valence-corrected chi connectivity index (χ3v) is 2.29. The van der Waals surface area contributed by atoms with Crippen molar-refractivity contribution in [2.24, 2.45) is 0 Å². The maximum atomic E-state index is 13.5. The SMILES string of the molecule is CCCc1cccc(C(F)(F)CNC)c1. The molecule has 0 bridgehead atoms. The first-order valence-electron chi connectivity index (χ1n) is 5.22. The van der Waals surface area contributed by atoms with Crippen molar-refractivity contribution >= 4 is 0 Å². The lowest BCUT2D eigenvalue weighted by molar-refractivity contribution is -0.00132. The molecule has 3 heteroatoms. The normalized spacial score (nSPS) is 11.7. The van der Waals surface area contributed by atoms with E-state index in [1.165, 1.54) is 13.1 Å². The van der Waals surface area contributed by atoms with Crippen LogP contribution in [0.25, 0.3) is 0 Å². The van der Waals surface area contributed by atoms with Crippen molar-refractivity contribution in [3.63, 3.8) is 0 Å². The fourth-order valence-electron chi connectivity index (χ4n) is 1.57. The number of likely N-dealkylation sites (N-methyl/N-ethyl adjacent to an activating group) is 1. The zero-order chi connectivity index (χ0) is 11.3. The molecular weight excluding hydrogens is 196 g/mol. The van der Waals surface area contributed by atoms with E-state index in [1.807, 2.05) is 13.0 Å². The Morgan fingerprint density at radius 2 is 2.07 bits per heavy atom. The third-order valence-electron chi connectivity index (χ3n) is 2.29. The highest BCUT2D eigenvalue weighted by molar-refractivity contribution is 5.27. The van der Waals surface area contributed by atoms with Crippen molar-refractivity contribution in [1.82, 2.24) is 5.32 Å². The summed E-state index contributed by atoms with van der Waals surface area (Å²) in [5.74, 6) is -2.78. The Labute approximate surface area is 89.5 Å². The van der Waals surface area contributed by atoms with Gasteiger partial charge >= 0.3 is 0 Å². The minimum absolute atomic E-state index is 0.0998. The highest BCUT2D eigenvalue weighted by Gasteiger charge is 2.30. The lowest BCUT2D eigenvalue weighted by Crippen LogP contribution is -2.28. The van der Waals surface area contributed by atoms with Gasteiger partial charge in [-0.1, -0.05) is 31.5 Å². The van der Waals surface area contributed by atoms with Crippen LogP contribution in [-0.4, -0.2) is 13.6 Å². The first-order valence-corrected chi connectivity index (χ1v) is 5.22. The molecule has 0 saturated carbocycles. The fraction of sp³-hybridized carbons (Fsp3) is 0.500. The van der Waals surface area contributed by atoms with Crippen molar-refractivity contribution < 1.29 is 8.78 Å². The molecule has 0 saturated heterocycles. The maximum absolute atomic E-state index is 13.5. The number of hydrogen-bond donors (Lipinski definition) is 1. The first kappa shape index (κ1) is 12.1. The highest BCUT2D eigenvalue weighted by atomic mass is 19.3. The Balaban J connectivity index is 2.88. The van der Waals surface area contributed by atoms with Crippen LogP contribution in [0.4, 0.5) is 8.78 Å². The molecule has 0 aliphatic rings. The van der Waals surface area contributed by atoms with E-state index < -0.39 is 5.92 Å². The number of benzene rings is 1. The molecule has 1 rings (SSSR count). The molecule has 15 heavy (non-hydrogen) atoms. The molecule has 0 aromatic heterocycles. The van der Waals surface area contributed by atoms with E-state index in [9.17, 15) is 8.78 Å². The van der Waals surface area contributed by atoms with Crippen molar-refractivity contribution in [3.8, 4) is 0 Å². The summed E-state index contributed by atoms with van der Waals surface area (Å²) in [6.07, 6.45) is 1.82. The third kappa shape index (κ3) is 3.27. The molecule has 1 nitrogen and oxygen atoms in total. The topological polar surface area (TPSA) is 12.0 Å². The number of rotatable bonds is 5. The smallest absolute Gasteiger partial charge is 0.285 e. The van der Waals surface area contributed by atoms with Gasteiger partial charge in [-0.15, -0.1) is 0 Å².